The van der Waals surface area contributed by atoms with Crippen molar-refractivity contribution in [2.24, 2.45) is 5.92 Å². The van der Waals surface area contributed by atoms with Crippen LogP contribution in [0.4, 0.5) is 0 Å². The van der Waals surface area contributed by atoms with Crippen LogP contribution in [0.5, 0.6) is 0 Å². The average Bonchev–Trinajstić information content (AvgIpc) is 2.64. The van der Waals surface area contributed by atoms with Crippen LogP contribution >= 0.6 is 11.8 Å². The van der Waals surface area contributed by atoms with Crippen LogP contribution in [0.25, 0.3) is 0 Å². The smallest absolute Gasteiger partial charge is 0.209 e. The van der Waals surface area contributed by atoms with Gasteiger partial charge in [-0.05, 0) is 35.7 Å². The number of aromatic nitrogens is 4. The van der Waals surface area contributed by atoms with Crippen molar-refractivity contribution in [3.05, 3.63) is 0 Å². The SMILES string of the molecule is CCNCCn1nnnc1SCC1CCC1. The molecular weight excluding hydrogens is 222 g/mol. The van der Waals surface area contributed by atoms with E-state index in [2.05, 4.69) is 27.8 Å². The number of tetrazole rings is 1. The molecule has 1 heterocycles. The summed E-state index contributed by atoms with van der Waals surface area (Å²) in [5.41, 5.74) is 0. The molecule has 0 spiro atoms. The maximum Gasteiger partial charge on any atom is 0.209 e. The third-order valence-electron chi connectivity index (χ3n) is 2.92. The summed E-state index contributed by atoms with van der Waals surface area (Å²) in [6.07, 6.45) is 4.16. The molecule has 16 heavy (non-hydrogen) atoms. The van der Waals surface area contributed by atoms with E-state index >= 15 is 0 Å². The predicted octanol–water partition coefficient (Wildman–Crippen LogP) is 1.17. The minimum absolute atomic E-state index is 0.855. The summed E-state index contributed by atoms with van der Waals surface area (Å²) in [4.78, 5) is 0. The Balaban J connectivity index is 1.76. The molecule has 2 rings (SSSR count). The molecule has 0 atom stereocenters. The molecule has 1 aliphatic carbocycles. The van der Waals surface area contributed by atoms with E-state index in [0.29, 0.717) is 0 Å². The zero-order valence-corrected chi connectivity index (χ0v) is 10.5. The molecule has 1 fully saturated rings. The molecule has 0 amide bonds. The van der Waals surface area contributed by atoms with Crippen molar-refractivity contribution in [2.75, 3.05) is 18.8 Å². The molecule has 5 nitrogen and oxygen atoms in total. The Labute approximate surface area is 100 Å². The number of thioether (sulfide) groups is 1. The molecule has 0 saturated heterocycles. The van der Waals surface area contributed by atoms with E-state index in [4.69, 9.17) is 0 Å². The predicted molar refractivity (Wildman–Crippen MR) is 64.4 cm³/mol. The van der Waals surface area contributed by atoms with E-state index in [-0.39, 0.29) is 0 Å². The van der Waals surface area contributed by atoms with Gasteiger partial charge in [0.1, 0.15) is 0 Å². The van der Waals surface area contributed by atoms with Gasteiger partial charge in [-0.1, -0.05) is 25.1 Å². The number of nitrogens with zero attached hydrogens (tertiary/aromatic N) is 4. The molecular formula is C10H19N5S. The molecule has 1 N–H and O–H groups in total. The summed E-state index contributed by atoms with van der Waals surface area (Å²) in [6.45, 7) is 4.88. The van der Waals surface area contributed by atoms with Crippen LogP contribution < -0.4 is 5.32 Å². The monoisotopic (exact) mass is 241 g/mol. The van der Waals surface area contributed by atoms with Crippen LogP contribution in [0.3, 0.4) is 0 Å². The van der Waals surface area contributed by atoms with Gasteiger partial charge in [-0.2, -0.15) is 0 Å². The van der Waals surface area contributed by atoms with Crippen molar-refractivity contribution in [1.82, 2.24) is 25.5 Å². The van der Waals surface area contributed by atoms with Crippen LogP contribution in [0.1, 0.15) is 26.2 Å². The van der Waals surface area contributed by atoms with Gasteiger partial charge in [-0.3, -0.25) is 0 Å². The molecule has 1 saturated carbocycles. The topological polar surface area (TPSA) is 55.6 Å². The highest BCUT2D eigenvalue weighted by atomic mass is 32.2. The largest absolute Gasteiger partial charge is 0.315 e. The minimum Gasteiger partial charge on any atom is -0.315 e. The Kier molecular flexibility index (Phi) is 4.59. The van der Waals surface area contributed by atoms with Gasteiger partial charge in [0.15, 0.2) is 0 Å². The van der Waals surface area contributed by atoms with E-state index in [1.54, 1.807) is 11.8 Å². The highest BCUT2D eigenvalue weighted by Crippen LogP contribution is 2.31. The van der Waals surface area contributed by atoms with Gasteiger partial charge in [0, 0.05) is 12.3 Å². The summed E-state index contributed by atoms with van der Waals surface area (Å²) in [6, 6.07) is 0. The van der Waals surface area contributed by atoms with Crippen LogP contribution in [-0.4, -0.2) is 39.0 Å². The molecule has 1 aliphatic rings. The van der Waals surface area contributed by atoms with E-state index in [9.17, 15) is 0 Å². The van der Waals surface area contributed by atoms with Crippen LogP contribution in [0.2, 0.25) is 0 Å². The maximum absolute atomic E-state index is 4.06. The molecule has 0 unspecified atom stereocenters. The zero-order valence-electron chi connectivity index (χ0n) is 9.72. The van der Waals surface area contributed by atoms with Crippen molar-refractivity contribution in [2.45, 2.75) is 37.9 Å². The van der Waals surface area contributed by atoms with Crippen molar-refractivity contribution in [3.63, 3.8) is 0 Å². The molecule has 0 radical (unpaired) electrons. The first-order chi connectivity index (χ1) is 7.90. The van der Waals surface area contributed by atoms with E-state index < -0.39 is 0 Å². The molecule has 0 bridgehead atoms. The Bertz CT molecular complexity index is 310. The summed E-state index contributed by atoms with van der Waals surface area (Å²) in [7, 11) is 0. The quantitative estimate of drug-likeness (QED) is 0.574. The lowest BCUT2D eigenvalue weighted by Crippen LogP contribution is -2.20. The second-order valence-corrected chi connectivity index (χ2v) is 5.13. The van der Waals surface area contributed by atoms with Crippen LogP contribution in [0, 0.1) is 5.92 Å². The lowest BCUT2D eigenvalue weighted by molar-refractivity contribution is 0.352. The van der Waals surface area contributed by atoms with Gasteiger partial charge in [-0.25, -0.2) is 4.68 Å². The number of likely N-dealkylation sites (N-methyl/N-ethyl adjacent to an activating group) is 1. The molecule has 0 aliphatic heterocycles. The van der Waals surface area contributed by atoms with Gasteiger partial charge in [0.25, 0.3) is 0 Å². The van der Waals surface area contributed by atoms with Crippen molar-refractivity contribution < 1.29 is 0 Å². The number of nitrogens with one attached hydrogen (secondary N) is 1. The lowest BCUT2D eigenvalue weighted by Gasteiger charge is -2.24. The first-order valence-corrected chi connectivity index (χ1v) is 6.98. The molecule has 1 aromatic heterocycles. The fourth-order valence-electron chi connectivity index (χ4n) is 1.65. The third kappa shape index (κ3) is 3.18. The van der Waals surface area contributed by atoms with Crippen molar-refractivity contribution in [1.29, 1.82) is 0 Å². The highest BCUT2D eigenvalue weighted by molar-refractivity contribution is 7.99. The molecule has 1 aromatic rings. The summed E-state index contributed by atoms with van der Waals surface area (Å²) >= 11 is 1.79. The number of hydrogen-bond donors (Lipinski definition) is 1. The van der Waals surface area contributed by atoms with E-state index in [1.165, 1.54) is 25.0 Å². The summed E-state index contributed by atoms with van der Waals surface area (Å²) in [5.74, 6) is 2.06. The second kappa shape index (κ2) is 6.20. The molecule has 90 valence electrons. The summed E-state index contributed by atoms with van der Waals surface area (Å²) in [5, 5.41) is 16.0. The zero-order chi connectivity index (χ0) is 11.2. The van der Waals surface area contributed by atoms with Gasteiger partial charge in [-0.15, -0.1) is 5.10 Å². The third-order valence-corrected chi connectivity index (χ3v) is 4.11. The second-order valence-electron chi connectivity index (χ2n) is 4.15. The van der Waals surface area contributed by atoms with Crippen LogP contribution in [0.15, 0.2) is 5.16 Å². The van der Waals surface area contributed by atoms with Gasteiger partial charge in [0.2, 0.25) is 5.16 Å². The first kappa shape index (κ1) is 11.9. The Morgan fingerprint density at radius 1 is 1.50 bits per heavy atom. The Hall–Kier alpha value is -0.620. The Morgan fingerprint density at radius 2 is 2.38 bits per heavy atom. The van der Waals surface area contributed by atoms with Crippen LogP contribution in [-0.2, 0) is 6.54 Å². The minimum atomic E-state index is 0.855. The summed E-state index contributed by atoms with van der Waals surface area (Å²) < 4.78 is 1.89. The number of hydrogen-bond acceptors (Lipinski definition) is 5. The fourth-order valence-corrected chi connectivity index (χ4v) is 2.74. The highest BCUT2D eigenvalue weighted by Gasteiger charge is 2.18. The van der Waals surface area contributed by atoms with Gasteiger partial charge in [0.05, 0.1) is 6.54 Å². The van der Waals surface area contributed by atoms with Gasteiger partial charge >= 0.3 is 0 Å². The lowest BCUT2D eigenvalue weighted by atomic mass is 9.87. The molecule has 6 heteroatoms. The standard InChI is InChI=1S/C10H19N5S/c1-2-11-6-7-15-10(12-13-14-15)16-8-9-4-3-5-9/h9,11H,2-8H2,1H3. The average molecular weight is 241 g/mol. The van der Waals surface area contributed by atoms with Crippen molar-refractivity contribution in [3.8, 4) is 0 Å². The van der Waals surface area contributed by atoms with E-state index in [0.717, 1.165) is 30.7 Å². The van der Waals surface area contributed by atoms with Gasteiger partial charge < -0.3 is 5.32 Å². The Morgan fingerprint density at radius 3 is 3.06 bits per heavy atom. The first-order valence-electron chi connectivity index (χ1n) is 6.00. The van der Waals surface area contributed by atoms with E-state index in [1.807, 2.05) is 4.68 Å². The fraction of sp³-hybridized carbons (Fsp3) is 0.900. The molecule has 0 aromatic carbocycles. The number of rotatable bonds is 7. The maximum atomic E-state index is 4.06. The normalized spacial score (nSPS) is 16.3. The van der Waals surface area contributed by atoms with Crippen molar-refractivity contribution >= 4 is 11.8 Å².